The van der Waals surface area contributed by atoms with Crippen molar-refractivity contribution in [1.82, 2.24) is 0 Å². The summed E-state index contributed by atoms with van der Waals surface area (Å²) in [6.07, 6.45) is 0. The van der Waals surface area contributed by atoms with Crippen molar-refractivity contribution in [1.29, 1.82) is 0 Å². The van der Waals surface area contributed by atoms with Gasteiger partial charge in [0, 0.05) is 0 Å². The Hall–Kier alpha value is -0.0638. The Morgan fingerprint density at radius 3 is 2.08 bits per heavy atom. The summed E-state index contributed by atoms with van der Waals surface area (Å²) < 4.78 is 10.1. The van der Waals surface area contributed by atoms with E-state index in [9.17, 15) is 0 Å². The quantitative estimate of drug-likeness (QED) is 0.473. The van der Waals surface area contributed by atoms with Crippen LogP contribution in [0.25, 0.3) is 0 Å². The first-order valence-corrected chi connectivity index (χ1v) is 3.32. The fourth-order valence-electron chi connectivity index (χ4n) is 0.881. The summed E-state index contributed by atoms with van der Waals surface area (Å²) in [5, 5.41) is 0. The Kier molecular flexibility index (Phi) is 8.71. The normalized spacial score (nSPS) is 7.85. The van der Waals surface area contributed by atoms with Gasteiger partial charge in [-0.25, -0.2) is 0 Å². The molecule has 0 bridgehead atoms. The van der Waals surface area contributed by atoms with Crippen molar-refractivity contribution in [3.8, 4) is 11.5 Å². The van der Waals surface area contributed by atoms with Crippen LogP contribution in [-0.4, -0.2) is 37.3 Å². The van der Waals surface area contributed by atoms with Crippen LogP contribution in [0, 0.1) is 6.92 Å². The van der Waals surface area contributed by atoms with Crippen LogP contribution in [-0.2, 0) is 0 Å². The smallest absolute Gasteiger partial charge is 1.00 e. The second kappa shape index (κ2) is 7.35. The third-order valence-electron chi connectivity index (χ3n) is 1.45. The number of methoxy groups -OCH3 is 2. The largest absolute Gasteiger partial charge is 2.00 e. The molecule has 0 radical (unpaired) electrons. The summed E-state index contributed by atoms with van der Waals surface area (Å²) in [5.41, 5.74) is 0.919. The van der Waals surface area contributed by atoms with Gasteiger partial charge < -0.3 is 26.5 Å². The minimum Gasteiger partial charge on any atom is -1.00 e. The van der Waals surface area contributed by atoms with E-state index in [4.69, 9.17) is 9.47 Å². The van der Waals surface area contributed by atoms with Crippen LogP contribution in [0.5, 0.6) is 11.5 Å². The van der Waals surface area contributed by atoms with Crippen LogP contribution < -0.4 is 26.5 Å². The molecule has 0 saturated heterocycles. The van der Waals surface area contributed by atoms with E-state index in [0.717, 1.165) is 17.1 Å². The number of halogens is 1. The Morgan fingerprint density at radius 2 is 1.62 bits per heavy atom. The third-order valence-corrected chi connectivity index (χ3v) is 1.45. The van der Waals surface area contributed by atoms with Crippen molar-refractivity contribution < 1.29 is 26.5 Å². The van der Waals surface area contributed by atoms with E-state index >= 15 is 0 Å². The summed E-state index contributed by atoms with van der Waals surface area (Å²) in [5.74, 6) is 1.46. The van der Waals surface area contributed by atoms with Gasteiger partial charge in [0.15, 0.2) is 0 Å². The average Bonchev–Trinajstić information content (AvgIpc) is 2.04. The molecule has 4 heteroatoms. The predicted octanol–water partition coefficient (Wildman–Crippen LogP) is -1.49. The van der Waals surface area contributed by atoms with E-state index in [0.29, 0.717) is 0 Å². The molecule has 0 aromatic heterocycles. The first-order valence-electron chi connectivity index (χ1n) is 3.32. The van der Waals surface area contributed by atoms with E-state index in [2.05, 4.69) is 6.92 Å². The van der Waals surface area contributed by atoms with Crippen molar-refractivity contribution in [3.63, 3.8) is 0 Å². The van der Waals surface area contributed by atoms with Crippen molar-refractivity contribution >= 4 is 23.1 Å². The second-order valence-corrected chi connectivity index (χ2v) is 2.19. The third kappa shape index (κ3) is 4.11. The van der Waals surface area contributed by atoms with Crippen LogP contribution in [0.15, 0.2) is 18.2 Å². The van der Waals surface area contributed by atoms with E-state index in [1.807, 2.05) is 18.2 Å². The summed E-state index contributed by atoms with van der Waals surface area (Å²) in [6.45, 7) is 3.77. The molecule has 0 atom stereocenters. The van der Waals surface area contributed by atoms with E-state index in [1.165, 1.54) is 0 Å². The predicted molar refractivity (Wildman–Crippen MR) is 49.8 cm³/mol. The van der Waals surface area contributed by atoms with Crippen LogP contribution >= 0.6 is 0 Å². The molecule has 13 heavy (non-hydrogen) atoms. The minimum atomic E-state index is 0. The molecule has 0 heterocycles. The maximum Gasteiger partial charge on any atom is 2.00 e. The van der Waals surface area contributed by atoms with Crippen molar-refractivity contribution in [3.05, 3.63) is 30.7 Å². The Labute approximate surface area is 106 Å². The monoisotopic (exact) mass is 254 g/mol. The van der Waals surface area contributed by atoms with Crippen LogP contribution in [0.2, 0.25) is 0 Å². The average molecular weight is 255 g/mol. The molecule has 2 nitrogen and oxygen atoms in total. The molecule has 1 aromatic rings. The molecule has 0 unspecified atom stereocenters. The zero-order valence-corrected chi connectivity index (χ0v) is 10.8. The van der Waals surface area contributed by atoms with Gasteiger partial charge in [0.2, 0.25) is 0 Å². The maximum atomic E-state index is 5.05. The van der Waals surface area contributed by atoms with Gasteiger partial charge in [-0.3, -0.25) is 0 Å². The van der Waals surface area contributed by atoms with Crippen molar-refractivity contribution in [2.75, 3.05) is 14.2 Å². The van der Waals surface area contributed by atoms with Crippen LogP contribution in [0.4, 0.5) is 0 Å². The van der Waals surface area contributed by atoms with Crippen molar-refractivity contribution in [2.45, 2.75) is 0 Å². The zero-order chi connectivity index (χ0) is 8.27. The molecule has 0 N–H and O–H groups in total. The topological polar surface area (TPSA) is 18.5 Å². The zero-order valence-electron chi connectivity index (χ0n) is 7.84. The molecule has 0 aliphatic heterocycles. The van der Waals surface area contributed by atoms with E-state index in [1.54, 1.807) is 14.2 Å². The van der Waals surface area contributed by atoms with Gasteiger partial charge >= 0.3 is 23.1 Å². The maximum absolute atomic E-state index is 5.05. The molecule has 0 fully saturated rings. The molecule has 0 amide bonds. The SMILES string of the molecule is [Br-].[CH2-]c1ccc(OC)c(OC)c1.[Mg+2]. The number of benzene rings is 1. The standard InChI is InChI=1S/C9H11O2.BrH.Mg/c1-7-4-5-8(10-2)9(6-7)11-3;;/h4-6H,1H2,2-3H3;1H;/q-1;;+2/p-1. The first kappa shape index (κ1) is 15.4. The number of rotatable bonds is 2. The number of hydrogen-bond acceptors (Lipinski definition) is 2. The van der Waals surface area contributed by atoms with Gasteiger partial charge in [0.05, 0.1) is 14.2 Å². The summed E-state index contributed by atoms with van der Waals surface area (Å²) in [7, 11) is 3.22. The van der Waals surface area contributed by atoms with Crippen molar-refractivity contribution in [2.24, 2.45) is 0 Å². The van der Waals surface area contributed by atoms with Gasteiger partial charge in [-0.05, 0) is 0 Å². The fraction of sp³-hybridized carbons (Fsp3) is 0.222. The minimum absolute atomic E-state index is 0. The fourth-order valence-corrected chi connectivity index (χ4v) is 0.881. The Bertz CT molecular complexity index is 253. The van der Waals surface area contributed by atoms with E-state index in [-0.39, 0.29) is 40.0 Å². The second-order valence-electron chi connectivity index (χ2n) is 2.19. The number of hydrogen-bond donors (Lipinski definition) is 0. The molecular weight excluding hydrogens is 244 g/mol. The van der Waals surface area contributed by atoms with Crippen LogP contribution in [0.1, 0.15) is 5.56 Å². The summed E-state index contributed by atoms with van der Waals surface area (Å²) in [4.78, 5) is 0. The Morgan fingerprint density at radius 1 is 1.08 bits per heavy atom. The molecule has 68 valence electrons. The Balaban J connectivity index is 0. The first-order chi connectivity index (χ1) is 5.27. The van der Waals surface area contributed by atoms with Gasteiger partial charge in [-0.2, -0.15) is 18.6 Å². The van der Waals surface area contributed by atoms with Gasteiger partial charge in [-0.15, -0.1) is 6.07 Å². The summed E-state index contributed by atoms with van der Waals surface area (Å²) in [6, 6.07) is 5.54. The van der Waals surface area contributed by atoms with Gasteiger partial charge in [-0.1, -0.05) is 6.07 Å². The molecule has 1 rings (SSSR count). The van der Waals surface area contributed by atoms with Gasteiger partial charge in [0.1, 0.15) is 11.5 Å². The molecule has 0 aliphatic carbocycles. The molecule has 1 aromatic carbocycles. The molecule has 0 aliphatic rings. The van der Waals surface area contributed by atoms with Gasteiger partial charge in [0.25, 0.3) is 0 Å². The number of ether oxygens (including phenoxy) is 2. The molecular formula is C9H11BrMgO2. The molecule has 0 saturated carbocycles. The van der Waals surface area contributed by atoms with Crippen LogP contribution in [0.3, 0.4) is 0 Å². The summed E-state index contributed by atoms with van der Waals surface area (Å²) >= 11 is 0. The van der Waals surface area contributed by atoms with E-state index < -0.39 is 0 Å². The molecule has 0 spiro atoms.